The molecular formula is C22H29N5O7S. The van der Waals surface area contributed by atoms with Crippen LogP contribution in [-0.2, 0) is 14.8 Å². The Hall–Kier alpha value is -3.03. The highest BCUT2D eigenvalue weighted by atomic mass is 32.2. The third kappa shape index (κ3) is 5.63. The topological polar surface area (TPSA) is 155 Å². The highest BCUT2D eigenvalue weighted by Crippen LogP contribution is 2.36. The number of benzene rings is 1. The normalized spacial score (nSPS) is 18.1. The van der Waals surface area contributed by atoms with E-state index in [0.29, 0.717) is 31.6 Å². The van der Waals surface area contributed by atoms with Crippen molar-refractivity contribution in [3.05, 3.63) is 39.6 Å². The molecule has 1 saturated carbocycles. The third-order valence-electron chi connectivity index (χ3n) is 5.84. The number of carbonyl (C=O) groups is 1. The summed E-state index contributed by atoms with van der Waals surface area (Å²) in [6.07, 6.45) is 3.20. The van der Waals surface area contributed by atoms with E-state index >= 15 is 0 Å². The zero-order valence-electron chi connectivity index (χ0n) is 19.8. The van der Waals surface area contributed by atoms with E-state index in [1.54, 1.807) is 6.92 Å². The molecule has 1 aromatic heterocycles. The minimum absolute atomic E-state index is 0.0333. The Bertz CT molecular complexity index is 1230. The number of nitrogens with zero attached hydrogens (tertiary/aromatic N) is 3. The van der Waals surface area contributed by atoms with Crippen LogP contribution in [0.5, 0.6) is 11.6 Å². The minimum atomic E-state index is -4.08. The largest absolute Gasteiger partial charge is 0.438 e. The Balaban J connectivity index is 1.67. The van der Waals surface area contributed by atoms with E-state index in [1.165, 1.54) is 16.8 Å². The van der Waals surface area contributed by atoms with E-state index in [0.717, 1.165) is 18.9 Å². The second-order valence-corrected chi connectivity index (χ2v) is 10.7. The average molecular weight is 508 g/mol. The van der Waals surface area contributed by atoms with Crippen LogP contribution in [0.25, 0.3) is 0 Å². The van der Waals surface area contributed by atoms with Crippen molar-refractivity contribution in [1.29, 1.82) is 0 Å². The number of nitrogens with one attached hydrogen (secondary N) is 2. The molecule has 1 atom stereocenters. The van der Waals surface area contributed by atoms with Crippen molar-refractivity contribution >= 4 is 21.6 Å². The molecule has 190 valence electrons. The fraction of sp³-hybridized carbons (Fsp3) is 0.545. The number of non-ortho nitro benzene ring substituents is 1. The summed E-state index contributed by atoms with van der Waals surface area (Å²) < 4.78 is 41.5. The number of sulfonamides is 1. The number of carbonyl (C=O) groups excluding carboxylic acids is 1. The smallest absolute Gasteiger partial charge is 0.272 e. The molecule has 1 saturated heterocycles. The van der Waals surface area contributed by atoms with Crippen LogP contribution in [-0.4, -0.2) is 54.3 Å². The van der Waals surface area contributed by atoms with Crippen molar-refractivity contribution in [3.8, 4) is 11.6 Å². The fourth-order valence-corrected chi connectivity index (χ4v) is 5.23. The number of ether oxygens (including phenoxy) is 2. The van der Waals surface area contributed by atoms with Crippen molar-refractivity contribution in [3.63, 3.8) is 0 Å². The van der Waals surface area contributed by atoms with Gasteiger partial charge in [-0.3, -0.25) is 14.9 Å². The van der Waals surface area contributed by atoms with Gasteiger partial charge in [0.1, 0.15) is 10.6 Å². The molecular weight excluding hydrogens is 478 g/mol. The van der Waals surface area contributed by atoms with Gasteiger partial charge < -0.3 is 14.8 Å². The number of hydrogen-bond acceptors (Lipinski definition) is 8. The average Bonchev–Trinajstić information content (AvgIpc) is 3.32. The van der Waals surface area contributed by atoms with E-state index in [1.807, 2.05) is 13.8 Å². The van der Waals surface area contributed by atoms with Crippen molar-refractivity contribution < 1.29 is 27.6 Å². The van der Waals surface area contributed by atoms with Crippen molar-refractivity contribution in [2.24, 2.45) is 0 Å². The van der Waals surface area contributed by atoms with Crippen LogP contribution in [0.2, 0.25) is 0 Å². The molecule has 1 aliphatic heterocycles. The summed E-state index contributed by atoms with van der Waals surface area (Å²) in [5.74, 6) is -0.312. The van der Waals surface area contributed by atoms with Crippen LogP contribution in [0.3, 0.4) is 0 Å². The summed E-state index contributed by atoms with van der Waals surface area (Å²) in [5, 5.41) is 18.5. The fourth-order valence-electron chi connectivity index (χ4n) is 3.78. The summed E-state index contributed by atoms with van der Waals surface area (Å²) in [6.45, 7) is 6.38. The first-order valence-electron chi connectivity index (χ1n) is 11.5. The summed E-state index contributed by atoms with van der Waals surface area (Å²) >= 11 is 0. The van der Waals surface area contributed by atoms with Gasteiger partial charge in [-0.25, -0.2) is 17.8 Å². The molecule has 0 bridgehead atoms. The number of amides is 1. The van der Waals surface area contributed by atoms with E-state index < -0.39 is 20.9 Å². The number of nitro benzene ring substituents is 1. The van der Waals surface area contributed by atoms with Gasteiger partial charge in [0.15, 0.2) is 5.69 Å². The Morgan fingerprint density at radius 2 is 2.09 bits per heavy atom. The highest BCUT2D eigenvalue weighted by Gasteiger charge is 2.32. The maximum absolute atomic E-state index is 13.0. The van der Waals surface area contributed by atoms with E-state index in [2.05, 4.69) is 15.1 Å². The lowest BCUT2D eigenvalue weighted by molar-refractivity contribution is -0.385. The van der Waals surface area contributed by atoms with E-state index in [4.69, 9.17) is 9.47 Å². The molecule has 2 fully saturated rings. The quantitative estimate of drug-likeness (QED) is 0.367. The lowest BCUT2D eigenvalue weighted by atomic mass is 10.2. The lowest BCUT2D eigenvalue weighted by Crippen LogP contribution is -2.32. The Morgan fingerprint density at radius 1 is 1.34 bits per heavy atom. The predicted octanol–water partition coefficient (Wildman–Crippen LogP) is 2.82. The van der Waals surface area contributed by atoms with Crippen molar-refractivity contribution in [2.75, 3.05) is 13.2 Å². The van der Waals surface area contributed by atoms with Crippen molar-refractivity contribution in [2.45, 2.75) is 69.5 Å². The molecule has 0 radical (unpaired) electrons. The zero-order valence-corrected chi connectivity index (χ0v) is 20.6. The standard InChI is InChI=1S/C22H29N5O7S/c1-13(2)26-22(14(3)20(24-26)21(28)23-12-17-5-4-10-33-17)34-18-9-8-16(27(29)30)11-19(18)35(31,32)25-15-6-7-15/h8-9,11,13,15,17,25H,4-7,10,12H2,1-3H3,(H,23,28)/t17-/m1/s1. The SMILES string of the molecule is Cc1c(C(=O)NC[C@H]2CCCO2)nn(C(C)C)c1Oc1ccc([N+](=O)[O-])cc1S(=O)(=O)NC1CC1. The van der Waals surface area contributed by atoms with Crippen LogP contribution in [0.1, 0.15) is 61.6 Å². The first kappa shape index (κ1) is 25.1. The number of aromatic nitrogens is 2. The van der Waals surface area contributed by atoms with E-state index in [-0.39, 0.29) is 46.1 Å². The number of hydrogen-bond donors (Lipinski definition) is 2. The maximum atomic E-state index is 13.0. The van der Waals surface area contributed by atoms with E-state index in [9.17, 15) is 23.3 Å². The Kier molecular flexibility index (Phi) is 7.10. The van der Waals surface area contributed by atoms with Gasteiger partial charge in [-0.2, -0.15) is 5.10 Å². The van der Waals surface area contributed by atoms with Crippen LogP contribution in [0.4, 0.5) is 5.69 Å². The first-order chi connectivity index (χ1) is 16.6. The monoisotopic (exact) mass is 507 g/mol. The Labute approximate surface area is 203 Å². The molecule has 12 nitrogen and oxygen atoms in total. The second kappa shape index (κ2) is 9.91. The maximum Gasteiger partial charge on any atom is 0.272 e. The van der Waals surface area contributed by atoms with Gasteiger partial charge in [-0.1, -0.05) is 0 Å². The zero-order chi connectivity index (χ0) is 25.3. The summed E-state index contributed by atoms with van der Waals surface area (Å²) in [5.41, 5.74) is 0.186. The number of nitro groups is 1. The molecule has 2 aliphatic rings. The molecule has 13 heteroatoms. The third-order valence-corrected chi connectivity index (χ3v) is 7.39. The molecule has 2 N–H and O–H groups in total. The van der Waals surface area contributed by atoms with Gasteiger partial charge >= 0.3 is 0 Å². The number of rotatable bonds is 10. The van der Waals surface area contributed by atoms with Crippen molar-refractivity contribution in [1.82, 2.24) is 19.8 Å². The van der Waals surface area contributed by atoms with Crippen LogP contribution >= 0.6 is 0 Å². The molecule has 35 heavy (non-hydrogen) atoms. The van der Waals surface area contributed by atoms with Crippen LogP contribution < -0.4 is 14.8 Å². The molecule has 4 rings (SSSR count). The summed E-state index contributed by atoms with van der Waals surface area (Å²) in [4.78, 5) is 23.1. The molecule has 0 unspecified atom stereocenters. The molecule has 2 aromatic rings. The molecule has 1 aliphatic carbocycles. The molecule has 1 amide bonds. The van der Waals surface area contributed by atoms with Crippen LogP contribution in [0, 0.1) is 17.0 Å². The van der Waals surface area contributed by atoms with Gasteiger partial charge in [0.2, 0.25) is 15.9 Å². The second-order valence-electron chi connectivity index (χ2n) is 9.05. The predicted molar refractivity (Wildman–Crippen MR) is 125 cm³/mol. The Morgan fingerprint density at radius 3 is 2.69 bits per heavy atom. The molecule has 0 spiro atoms. The highest BCUT2D eigenvalue weighted by molar-refractivity contribution is 7.89. The molecule has 2 heterocycles. The van der Waals surface area contributed by atoms with Gasteiger partial charge in [-0.15, -0.1) is 0 Å². The summed E-state index contributed by atoms with van der Waals surface area (Å²) in [6, 6.07) is 2.97. The van der Waals surface area contributed by atoms with Gasteiger partial charge in [-0.05, 0) is 52.5 Å². The van der Waals surface area contributed by atoms with Gasteiger partial charge in [0.05, 0.1) is 17.1 Å². The summed E-state index contributed by atoms with van der Waals surface area (Å²) in [7, 11) is -4.08. The van der Waals surface area contributed by atoms with Gasteiger partial charge in [0.25, 0.3) is 11.6 Å². The minimum Gasteiger partial charge on any atom is -0.438 e. The van der Waals surface area contributed by atoms with Crippen LogP contribution in [0.15, 0.2) is 23.1 Å². The lowest BCUT2D eigenvalue weighted by Gasteiger charge is -2.15. The van der Waals surface area contributed by atoms with Gasteiger partial charge in [0, 0.05) is 36.9 Å². The molecule has 1 aromatic carbocycles. The first-order valence-corrected chi connectivity index (χ1v) is 13.0.